The summed E-state index contributed by atoms with van der Waals surface area (Å²) in [7, 11) is 1.60. The molecule has 0 spiro atoms. The van der Waals surface area contributed by atoms with Gasteiger partial charge in [-0.25, -0.2) is 5.43 Å². The number of hydrogen-bond acceptors (Lipinski definition) is 5. The van der Waals surface area contributed by atoms with Crippen molar-refractivity contribution >= 4 is 28.9 Å². The molecule has 2 aromatic rings. The smallest absolute Gasteiger partial charge is 0.259 e. The topological polar surface area (TPSA) is 83.0 Å². The zero-order valence-corrected chi connectivity index (χ0v) is 16.1. The van der Waals surface area contributed by atoms with E-state index in [9.17, 15) is 9.59 Å². The van der Waals surface area contributed by atoms with Crippen molar-refractivity contribution in [2.75, 3.05) is 30.4 Å². The first-order valence-electron chi connectivity index (χ1n) is 9.18. The Kier molecular flexibility index (Phi) is 6.26. The van der Waals surface area contributed by atoms with E-state index in [1.54, 1.807) is 12.0 Å². The predicted octanol–water partition coefficient (Wildman–Crippen LogP) is 2.77. The molecule has 1 aliphatic rings. The summed E-state index contributed by atoms with van der Waals surface area (Å²) in [6.07, 6.45) is 1.47. The fourth-order valence-electron chi connectivity index (χ4n) is 2.99. The van der Waals surface area contributed by atoms with Crippen LogP contribution in [0.2, 0.25) is 0 Å². The number of carbonyl (C=O) groups excluding carboxylic acids is 2. The minimum atomic E-state index is -0.256. The normalized spacial score (nSPS) is 14.1. The molecular weight excluding hydrogens is 356 g/mol. The van der Waals surface area contributed by atoms with Gasteiger partial charge in [-0.3, -0.25) is 9.59 Å². The molecular formula is C21H24N4O3. The molecule has 0 unspecified atom stereocenters. The van der Waals surface area contributed by atoms with Crippen molar-refractivity contribution in [3.8, 4) is 5.75 Å². The Balaban J connectivity index is 1.57. The van der Waals surface area contributed by atoms with Crippen LogP contribution in [0.3, 0.4) is 0 Å². The average molecular weight is 380 g/mol. The van der Waals surface area contributed by atoms with E-state index in [4.69, 9.17) is 4.74 Å². The molecule has 0 saturated carbocycles. The number of carbonyl (C=O) groups is 2. The third-order valence-electron chi connectivity index (χ3n) is 4.52. The highest BCUT2D eigenvalue weighted by Crippen LogP contribution is 2.22. The van der Waals surface area contributed by atoms with E-state index >= 15 is 0 Å². The minimum absolute atomic E-state index is 0.0896. The van der Waals surface area contributed by atoms with E-state index in [1.807, 2.05) is 55.5 Å². The largest absolute Gasteiger partial charge is 0.497 e. The molecule has 7 heteroatoms. The van der Waals surface area contributed by atoms with E-state index < -0.39 is 0 Å². The molecule has 2 N–H and O–H groups in total. The summed E-state index contributed by atoms with van der Waals surface area (Å²) in [5.74, 6) is 0.604. The zero-order valence-electron chi connectivity index (χ0n) is 16.1. The van der Waals surface area contributed by atoms with Crippen molar-refractivity contribution in [3.63, 3.8) is 0 Å². The van der Waals surface area contributed by atoms with Gasteiger partial charge in [0, 0.05) is 30.4 Å². The van der Waals surface area contributed by atoms with Crippen LogP contribution in [-0.2, 0) is 9.59 Å². The first-order valence-corrected chi connectivity index (χ1v) is 9.18. The Bertz CT molecular complexity index is 895. The fourth-order valence-corrected chi connectivity index (χ4v) is 2.99. The van der Waals surface area contributed by atoms with Crippen molar-refractivity contribution in [3.05, 3.63) is 54.1 Å². The van der Waals surface area contributed by atoms with E-state index in [0.717, 1.165) is 35.7 Å². The maximum absolute atomic E-state index is 12.1. The summed E-state index contributed by atoms with van der Waals surface area (Å²) in [4.78, 5) is 25.8. The standard InChI is InChI=1S/C21H24N4O3/c1-15(16-6-3-8-18(12-16)25-11-5-10-21(25)27)23-24-20(26)14-22-17-7-4-9-19(13-17)28-2/h3-4,6-9,12-13,22H,5,10-11,14H2,1-2H3,(H,24,26)/b23-15-. The van der Waals surface area contributed by atoms with Gasteiger partial charge in [-0.15, -0.1) is 0 Å². The summed E-state index contributed by atoms with van der Waals surface area (Å²) in [6.45, 7) is 2.65. The van der Waals surface area contributed by atoms with Crippen LogP contribution in [-0.4, -0.2) is 37.7 Å². The monoisotopic (exact) mass is 380 g/mol. The van der Waals surface area contributed by atoms with Gasteiger partial charge in [0.15, 0.2) is 0 Å². The first-order chi connectivity index (χ1) is 13.6. The second-order valence-corrected chi connectivity index (χ2v) is 6.52. The molecule has 7 nitrogen and oxygen atoms in total. The highest BCUT2D eigenvalue weighted by molar-refractivity contribution is 6.02. The van der Waals surface area contributed by atoms with Crippen LogP contribution in [0.5, 0.6) is 5.75 Å². The molecule has 28 heavy (non-hydrogen) atoms. The number of benzene rings is 2. The van der Waals surface area contributed by atoms with Crippen LogP contribution in [0.1, 0.15) is 25.3 Å². The van der Waals surface area contributed by atoms with Crippen LogP contribution in [0.4, 0.5) is 11.4 Å². The molecule has 0 aromatic heterocycles. The summed E-state index contributed by atoms with van der Waals surface area (Å²) >= 11 is 0. The number of nitrogens with one attached hydrogen (secondary N) is 2. The van der Waals surface area contributed by atoms with Gasteiger partial charge in [-0.05, 0) is 43.2 Å². The third kappa shape index (κ3) is 4.88. The highest BCUT2D eigenvalue weighted by atomic mass is 16.5. The fraction of sp³-hybridized carbons (Fsp3) is 0.286. The number of hydrogen-bond donors (Lipinski definition) is 2. The Morgan fingerprint density at radius 1 is 1.21 bits per heavy atom. The van der Waals surface area contributed by atoms with Crippen LogP contribution >= 0.6 is 0 Å². The molecule has 1 fully saturated rings. The zero-order chi connectivity index (χ0) is 19.9. The van der Waals surface area contributed by atoms with Crippen LogP contribution in [0.25, 0.3) is 0 Å². The molecule has 1 aliphatic heterocycles. The van der Waals surface area contributed by atoms with Gasteiger partial charge < -0.3 is 15.0 Å². The maximum Gasteiger partial charge on any atom is 0.259 e. The number of rotatable bonds is 7. The molecule has 0 radical (unpaired) electrons. The lowest BCUT2D eigenvalue weighted by Gasteiger charge is -2.16. The third-order valence-corrected chi connectivity index (χ3v) is 4.52. The second kappa shape index (κ2) is 9.03. The number of ether oxygens (including phenoxy) is 1. The van der Waals surface area contributed by atoms with Gasteiger partial charge in [0.25, 0.3) is 5.91 Å². The van der Waals surface area contributed by atoms with Crippen molar-refractivity contribution in [1.82, 2.24) is 5.43 Å². The van der Waals surface area contributed by atoms with Crippen LogP contribution in [0.15, 0.2) is 53.6 Å². The minimum Gasteiger partial charge on any atom is -0.497 e. The second-order valence-electron chi connectivity index (χ2n) is 6.52. The van der Waals surface area contributed by atoms with E-state index in [1.165, 1.54) is 0 Å². The van der Waals surface area contributed by atoms with E-state index in [0.29, 0.717) is 12.1 Å². The van der Waals surface area contributed by atoms with E-state index in [2.05, 4.69) is 15.8 Å². The molecule has 1 saturated heterocycles. The van der Waals surface area contributed by atoms with Gasteiger partial charge in [0.05, 0.1) is 19.4 Å². The van der Waals surface area contributed by atoms with Crippen molar-refractivity contribution in [2.45, 2.75) is 19.8 Å². The molecule has 0 atom stereocenters. The van der Waals surface area contributed by atoms with Crippen molar-refractivity contribution in [2.24, 2.45) is 5.10 Å². The summed E-state index contributed by atoms with van der Waals surface area (Å²) in [5.41, 5.74) is 5.73. The summed E-state index contributed by atoms with van der Waals surface area (Å²) in [5, 5.41) is 7.20. The lowest BCUT2D eigenvalue weighted by molar-refractivity contribution is -0.119. The number of nitrogens with zero attached hydrogens (tertiary/aromatic N) is 2. The lowest BCUT2D eigenvalue weighted by atomic mass is 10.1. The molecule has 3 rings (SSSR count). The van der Waals surface area contributed by atoms with Gasteiger partial charge in [0.2, 0.25) is 5.91 Å². The molecule has 2 aromatic carbocycles. The predicted molar refractivity (Wildman–Crippen MR) is 110 cm³/mol. The molecule has 0 bridgehead atoms. The number of anilines is 2. The highest BCUT2D eigenvalue weighted by Gasteiger charge is 2.21. The SMILES string of the molecule is COc1cccc(NCC(=O)N/N=C(/C)c2cccc(N3CCCC3=O)c2)c1. The Labute approximate surface area is 164 Å². The summed E-state index contributed by atoms with van der Waals surface area (Å²) < 4.78 is 5.16. The van der Waals surface area contributed by atoms with Gasteiger partial charge in [-0.2, -0.15) is 5.10 Å². The maximum atomic E-state index is 12.1. The Hall–Kier alpha value is -3.35. The molecule has 0 aliphatic carbocycles. The summed E-state index contributed by atoms with van der Waals surface area (Å²) in [6, 6.07) is 15.0. The van der Waals surface area contributed by atoms with Crippen LogP contribution < -0.4 is 20.4 Å². The Morgan fingerprint density at radius 2 is 2.04 bits per heavy atom. The van der Waals surface area contributed by atoms with Crippen molar-refractivity contribution in [1.29, 1.82) is 0 Å². The van der Waals surface area contributed by atoms with Gasteiger partial charge >= 0.3 is 0 Å². The van der Waals surface area contributed by atoms with Gasteiger partial charge in [-0.1, -0.05) is 18.2 Å². The van der Waals surface area contributed by atoms with Gasteiger partial charge in [0.1, 0.15) is 5.75 Å². The number of amides is 2. The van der Waals surface area contributed by atoms with Crippen molar-refractivity contribution < 1.29 is 14.3 Å². The lowest BCUT2D eigenvalue weighted by Crippen LogP contribution is -2.27. The Morgan fingerprint density at radius 3 is 2.79 bits per heavy atom. The molecule has 146 valence electrons. The van der Waals surface area contributed by atoms with E-state index in [-0.39, 0.29) is 18.4 Å². The average Bonchev–Trinajstić information content (AvgIpc) is 3.16. The van der Waals surface area contributed by atoms with Crippen LogP contribution in [0, 0.1) is 0 Å². The quantitative estimate of drug-likeness (QED) is 0.572. The molecule has 2 amide bonds. The number of methoxy groups -OCH3 is 1. The number of hydrazone groups is 1. The first kappa shape index (κ1) is 19.4. The molecule has 1 heterocycles.